The third-order valence-corrected chi connectivity index (χ3v) is 6.51. The summed E-state index contributed by atoms with van der Waals surface area (Å²) >= 11 is 1.03. The number of nitrogens with zero attached hydrogens (tertiary/aromatic N) is 4. The van der Waals surface area contributed by atoms with E-state index in [0.717, 1.165) is 61.7 Å². The number of hydrogen-bond acceptors (Lipinski definition) is 7. The van der Waals surface area contributed by atoms with Gasteiger partial charge in [0.2, 0.25) is 0 Å². The van der Waals surface area contributed by atoms with Gasteiger partial charge in [-0.15, -0.1) is 5.10 Å². The molecule has 3 amide bonds. The lowest BCUT2D eigenvalue weighted by molar-refractivity contribution is 0.0923. The fourth-order valence-electron chi connectivity index (χ4n) is 4.06. The van der Waals surface area contributed by atoms with Gasteiger partial charge in [0.25, 0.3) is 5.91 Å². The van der Waals surface area contributed by atoms with Crippen LogP contribution in [0.15, 0.2) is 24.3 Å². The van der Waals surface area contributed by atoms with E-state index in [1.807, 2.05) is 24.3 Å². The predicted molar refractivity (Wildman–Crippen MR) is 120 cm³/mol. The number of aromatic nitrogens is 2. The Morgan fingerprint density at radius 1 is 1.06 bits per heavy atom. The van der Waals surface area contributed by atoms with E-state index in [1.54, 1.807) is 12.0 Å². The molecule has 0 atom stereocenters. The van der Waals surface area contributed by atoms with Crippen molar-refractivity contribution in [3.63, 3.8) is 0 Å². The molecular formula is C21H28N6O3S. The van der Waals surface area contributed by atoms with E-state index < -0.39 is 0 Å². The quantitative estimate of drug-likeness (QED) is 0.736. The van der Waals surface area contributed by atoms with Gasteiger partial charge >= 0.3 is 6.03 Å². The maximum atomic E-state index is 12.8. The number of nitrogens with one attached hydrogen (secondary N) is 2. The number of hydrogen-bond donors (Lipinski definition) is 2. The molecule has 0 radical (unpaired) electrons. The summed E-state index contributed by atoms with van der Waals surface area (Å²) in [4.78, 5) is 29.4. The summed E-state index contributed by atoms with van der Waals surface area (Å²) in [6.45, 7) is 2.65. The molecule has 2 N–H and O–H groups in total. The molecule has 2 aromatic rings. The summed E-state index contributed by atoms with van der Waals surface area (Å²) in [5.74, 6) is 0.559. The highest BCUT2D eigenvalue weighted by Crippen LogP contribution is 2.23. The van der Waals surface area contributed by atoms with Crippen molar-refractivity contribution in [3.05, 3.63) is 30.0 Å². The topological polar surface area (TPSA) is 99.7 Å². The maximum absolute atomic E-state index is 12.8. The third kappa shape index (κ3) is 5.25. The zero-order valence-electron chi connectivity index (χ0n) is 17.7. The van der Waals surface area contributed by atoms with Crippen molar-refractivity contribution in [2.24, 2.45) is 0 Å². The van der Waals surface area contributed by atoms with Crippen LogP contribution in [0.2, 0.25) is 0 Å². The molecule has 1 aromatic heterocycles. The molecule has 2 fully saturated rings. The van der Waals surface area contributed by atoms with Crippen LogP contribution in [-0.2, 0) is 0 Å². The van der Waals surface area contributed by atoms with Crippen LogP contribution in [0.1, 0.15) is 42.6 Å². The number of piperazine rings is 1. The summed E-state index contributed by atoms with van der Waals surface area (Å²) in [6.07, 6.45) is 5.46. The monoisotopic (exact) mass is 444 g/mol. The first-order valence-electron chi connectivity index (χ1n) is 10.7. The van der Waals surface area contributed by atoms with Crippen LogP contribution in [0.3, 0.4) is 0 Å². The number of benzene rings is 1. The standard InChI is InChI=1S/C21H28N6O3S/c1-30-17-9-7-16(8-10-17)26-11-13-27(14-12-26)21(29)23-20-18(24-25-31-20)19(28)22-15-5-3-2-4-6-15/h7-10,15H,2-6,11-14H2,1H3,(H,22,28)(H,23,29). The van der Waals surface area contributed by atoms with E-state index in [9.17, 15) is 9.59 Å². The Morgan fingerprint density at radius 2 is 1.77 bits per heavy atom. The predicted octanol–water partition coefficient (Wildman–Crippen LogP) is 2.96. The van der Waals surface area contributed by atoms with Gasteiger partial charge < -0.3 is 19.9 Å². The second kappa shape index (κ2) is 9.95. The van der Waals surface area contributed by atoms with Crippen molar-refractivity contribution >= 4 is 34.2 Å². The molecule has 4 rings (SSSR count). The van der Waals surface area contributed by atoms with Crippen LogP contribution < -0.4 is 20.3 Å². The summed E-state index contributed by atoms with van der Waals surface area (Å²) in [6, 6.07) is 7.87. The minimum atomic E-state index is -0.264. The van der Waals surface area contributed by atoms with Crippen LogP contribution >= 0.6 is 11.5 Å². The average Bonchev–Trinajstić information content (AvgIpc) is 3.28. The van der Waals surface area contributed by atoms with Crippen molar-refractivity contribution in [1.29, 1.82) is 0 Å². The molecule has 0 bridgehead atoms. The fourth-order valence-corrected chi connectivity index (χ4v) is 4.62. The highest BCUT2D eigenvalue weighted by atomic mass is 32.1. The Kier molecular flexibility index (Phi) is 6.86. The van der Waals surface area contributed by atoms with E-state index in [0.29, 0.717) is 18.1 Å². The molecule has 1 saturated heterocycles. The number of carbonyl (C=O) groups is 2. The van der Waals surface area contributed by atoms with Gasteiger partial charge in [0.1, 0.15) is 5.75 Å². The summed E-state index contributed by atoms with van der Waals surface area (Å²) in [5.41, 5.74) is 1.30. The zero-order chi connectivity index (χ0) is 21.6. The first-order valence-corrected chi connectivity index (χ1v) is 11.5. The molecule has 1 aliphatic carbocycles. The molecule has 0 spiro atoms. The van der Waals surface area contributed by atoms with Crippen molar-refractivity contribution in [3.8, 4) is 5.75 Å². The van der Waals surface area contributed by atoms with Crippen molar-refractivity contribution in [2.45, 2.75) is 38.1 Å². The Bertz CT molecular complexity index is 889. The van der Waals surface area contributed by atoms with Crippen LogP contribution in [0.5, 0.6) is 5.75 Å². The normalized spacial score (nSPS) is 17.3. The first-order chi connectivity index (χ1) is 15.1. The summed E-state index contributed by atoms with van der Waals surface area (Å²) in [7, 11) is 1.65. The van der Waals surface area contributed by atoms with Crippen LogP contribution in [-0.4, -0.2) is 65.8 Å². The Hall–Kier alpha value is -2.88. The first kappa shape index (κ1) is 21.4. The van der Waals surface area contributed by atoms with Gasteiger partial charge in [-0.3, -0.25) is 10.1 Å². The number of rotatable bonds is 5. The molecule has 2 aliphatic rings. The second-order valence-electron chi connectivity index (χ2n) is 7.86. The molecule has 31 heavy (non-hydrogen) atoms. The Balaban J connectivity index is 1.30. The minimum absolute atomic E-state index is 0.178. The molecular weight excluding hydrogens is 416 g/mol. The maximum Gasteiger partial charge on any atom is 0.322 e. The number of methoxy groups -OCH3 is 1. The number of carbonyl (C=O) groups excluding carboxylic acids is 2. The van der Waals surface area contributed by atoms with E-state index in [-0.39, 0.29) is 23.7 Å². The van der Waals surface area contributed by atoms with Gasteiger partial charge in [0, 0.05) is 49.4 Å². The molecule has 166 valence electrons. The van der Waals surface area contributed by atoms with Crippen molar-refractivity contribution in [1.82, 2.24) is 19.8 Å². The lowest BCUT2D eigenvalue weighted by Crippen LogP contribution is -2.50. The van der Waals surface area contributed by atoms with E-state index in [1.165, 1.54) is 6.42 Å². The lowest BCUT2D eigenvalue weighted by atomic mass is 9.95. The van der Waals surface area contributed by atoms with Gasteiger partial charge in [0.05, 0.1) is 7.11 Å². The van der Waals surface area contributed by atoms with Crippen LogP contribution in [0, 0.1) is 0 Å². The average molecular weight is 445 g/mol. The van der Waals surface area contributed by atoms with Crippen molar-refractivity contribution in [2.75, 3.05) is 43.5 Å². The Morgan fingerprint density at radius 3 is 2.45 bits per heavy atom. The highest BCUT2D eigenvalue weighted by Gasteiger charge is 2.26. The van der Waals surface area contributed by atoms with Crippen molar-refractivity contribution < 1.29 is 14.3 Å². The van der Waals surface area contributed by atoms with Gasteiger partial charge in [-0.2, -0.15) is 0 Å². The zero-order valence-corrected chi connectivity index (χ0v) is 18.5. The number of amides is 3. The molecule has 1 aliphatic heterocycles. The number of anilines is 2. The fraction of sp³-hybridized carbons (Fsp3) is 0.524. The number of ether oxygens (including phenoxy) is 1. The van der Waals surface area contributed by atoms with Gasteiger partial charge in [-0.1, -0.05) is 23.8 Å². The second-order valence-corrected chi connectivity index (χ2v) is 8.62. The van der Waals surface area contributed by atoms with Gasteiger partial charge in [-0.25, -0.2) is 4.79 Å². The lowest BCUT2D eigenvalue weighted by Gasteiger charge is -2.36. The molecule has 9 nitrogen and oxygen atoms in total. The largest absolute Gasteiger partial charge is 0.497 e. The third-order valence-electron chi connectivity index (χ3n) is 5.87. The molecule has 1 saturated carbocycles. The molecule has 10 heteroatoms. The summed E-state index contributed by atoms with van der Waals surface area (Å²) < 4.78 is 9.09. The van der Waals surface area contributed by atoms with E-state index in [4.69, 9.17) is 4.74 Å². The minimum Gasteiger partial charge on any atom is -0.497 e. The number of urea groups is 1. The van der Waals surface area contributed by atoms with Crippen LogP contribution in [0.4, 0.5) is 15.5 Å². The van der Waals surface area contributed by atoms with Gasteiger partial charge in [0.15, 0.2) is 10.7 Å². The van der Waals surface area contributed by atoms with Crippen LogP contribution in [0.25, 0.3) is 0 Å². The van der Waals surface area contributed by atoms with Gasteiger partial charge in [-0.05, 0) is 37.1 Å². The highest BCUT2D eigenvalue weighted by molar-refractivity contribution is 7.10. The summed E-state index contributed by atoms with van der Waals surface area (Å²) in [5, 5.41) is 10.2. The molecule has 1 aromatic carbocycles. The van der Waals surface area contributed by atoms with E-state index >= 15 is 0 Å². The smallest absolute Gasteiger partial charge is 0.322 e. The Labute approximate surface area is 185 Å². The SMILES string of the molecule is COc1ccc(N2CCN(C(=O)Nc3snnc3C(=O)NC3CCCCC3)CC2)cc1. The molecule has 2 heterocycles. The van der Waals surface area contributed by atoms with E-state index in [2.05, 4.69) is 25.1 Å². The molecule has 0 unspecified atom stereocenters.